The number of hydrogen-bond donors (Lipinski definition) is 0. The fraction of sp³-hybridized carbons (Fsp3) is 0.167. The second-order valence-electron chi connectivity index (χ2n) is 5.62. The quantitative estimate of drug-likeness (QED) is 0.690. The molecule has 0 bridgehead atoms. The van der Waals surface area contributed by atoms with Crippen molar-refractivity contribution in [3.63, 3.8) is 0 Å². The van der Waals surface area contributed by atoms with Crippen LogP contribution < -0.4 is 4.74 Å². The molecule has 0 N–H and O–H groups in total. The SMILES string of the molecule is FC(F)(F)Oc1ccc(-n2ncc3c2CCc2ccccc2-3)cc1. The van der Waals surface area contributed by atoms with E-state index in [0.29, 0.717) is 5.69 Å². The van der Waals surface area contributed by atoms with E-state index in [0.717, 1.165) is 24.1 Å². The summed E-state index contributed by atoms with van der Waals surface area (Å²) >= 11 is 0. The van der Waals surface area contributed by atoms with Crippen LogP contribution in [0.5, 0.6) is 5.75 Å². The average molecular weight is 330 g/mol. The molecule has 0 fully saturated rings. The highest BCUT2D eigenvalue weighted by Crippen LogP contribution is 2.34. The Kier molecular flexibility index (Phi) is 3.33. The zero-order valence-corrected chi connectivity index (χ0v) is 12.5. The lowest BCUT2D eigenvalue weighted by molar-refractivity contribution is -0.274. The number of aryl methyl sites for hydroxylation is 1. The van der Waals surface area contributed by atoms with Crippen molar-refractivity contribution in [2.45, 2.75) is 19.2 Å². The van der Waals surface area contributed by atoms with E-state index in [4.69, 9.17) is 0 Å². The zero-order valence-electron chi connectivity index (χ0n) is 12.5. The van der Waals surface area contributed by atoms with Crippen molar-refractivity contribution in [1.82, 2.24) is 9.78 Å². The van der Waals surface area contributed by atoms with Gasteiger partial charge < -0.3 is 4.74 Å². The van der Waals surface area contributed by atoms with Gasteiger partial charge >= 0.3 is 6.36 Å². The summed E-state index contributed by atoms with van der Waals surface area (Å²) in [6, 6.07) is 14.0. The van der Waals surface area contributed by atoms with Gasteiger partial charge in [0.15, 0.2) is 0 Å². The predicted molar refractivity (Wildman–Crippen MR) is 83.1 cm³/mol. The summed E-state index contributed by atoms with van der Waals surface area (Å²) in [6.07, 6.45) is -1.11. The van der Waals surface area contributed by atoms with Gasteiger partial charge in [-0.1, -0.05) is 24.3 Å². The molecular weight excluding hydrogens is 317 g/mol. The van der Waals surface area contributed by atoms with Gasteiger partial charge in [0.1, 0.15) is 5.75 Å². The lowest BCUT2D eigenvalue weighted by Crippen LogP contribution is -2.17. The predicted octanol–water partition coefficient (Wildman–Crippen LogP) is 4.54. The average Bonchev–Trinajstić information content (AvgIpc) is 2.98. The Labute approximate surface area is 136 Å². The van der Waals surface area contributed by atoms with Crippen LogP contribution in [0.1, 0.15) is 11.3 Å². The van der Waals surface area contributed by atoms with Gasteiger partial charge in [-0.3, -0.25) is 0 Å². The summed E-state index contributed by atoms with van der Waals surface area (Å²) < 4.78 is 42.4. The van der Waals surface area contributed by atoms with Crippen molar-refractivity contribution in [2.75, 3.05) is 0 Å². The molecule has 1 aliphatic carbocycles. The van der Waals surface area contributed by atoms with Crippen molar-refractivity contribution < 1.29 is 17.9 Å². The van der Waals surface area contributed by atoms with E-state index in [1.165, 1.54) is 23.3 Å². The maximum Gasteiger partial charge on any atom is 0.573 e. The Balaban J connectivity index is 1.69. The van der Waals surface area contributed by atoms with E-state index < -0.39 is 6.36 Å². The monoisotopic (exact) mass is 330 g/mol. The largest absolute Gasteiger partial charge is 0.573 e. The smallest absolute Gasteiger partial charge is 0.406 e. The number of benzene rings is 2. The molecule has 3 aromatic rings. The van der Waals surface area contributed by atoms with Crippen LogP contribution in [0.25, 0.3) is 16.8 Å². The Hall–Kier alpha value is -2.76. The van der Waals surface area contributed by atoms with E-state index in [-0.39, 0.29) is 5.75 Å². The highest BCUT2D eigenvalue weighted by atomic mass is 19.4. The van der Waals surface area contributed by atoms with Gasteiger partial charge in [0.05, 0.1) is 17.6 Å². The fourth-order valence-electron chi connectivity index (χ4n) is 3.10. The van der Waals surface area contributed by atoms with E-state index in [2.05, 4.69) is 22.0 Å². The molecule has 0 amide bonds. The first-order chi connectivity index (χ1) is 11.5. The third kappa shape index (κ3) is 2.64. The standard InChI is InChI=1S/C18H13F3N2O/c19-18(20,21)24-14-8-6-13(7-9-14)23-17-10-5-12-3-1-2-4-15(12)16(17)11-22-23/h1-4,6-9,11H,5,10H2. The molecule has 0 unspecified atom stereocenters. The van der Waals surface area contributed by atoms with E-state index >= 15 is 0 Å². The van der Waals surface area contributed by atoms with Gasteiger partial charge in [-0.25, -0.2) is 4.68 Å². The summed E-state index contributed by atoms with van der Waals surface area (Å²) in [5.74, 6) is -0.238. The number of nitrogens with zero attached hydrogens (tertiary/aromatic N) is 2. The molecule has 0 atom stereocenters. The molecule has 0 saturated carbocycles. The van der Waals surface area contributed by atoms with Crippen molar-refractivity contribution in [3.8, 4) is 22.6 Å². The minimum Gasteiger partial charge on any atom is -0.406 e. The molecule has 1 aliphatic rings. The number of aromatic nitrogens is 2. The first kappa shape index (κ1) is 14.8. The van der Waals surface area contributed by atoms with E-state index in [9.17, 15) is 13.2 Å². The van der Waals surface area contributed by atoms with Crippen LogP contribution >= 0.6 is 0 Å². The number of rotatable bonds is 2. The molecule has 0 spiro atoms. The second-order valence-corrected chi connectivity index (χ2v) is 5.62. The lowest BCUT2D eigenvalue weighted by atomic mass is 9.90. The highest BCUT2D eigenvalue weighted by molar-refractivity contribution is 5.72. The van der Waals surface area contributed by atoms with Crippen LogP contribution in [-0.4, -0.2) is 16.1 Å². The number of ether oxygens (including phenoxy) is 1. The third-order valence-electron chi connectivity index (χ3n) is 4.12. The maximum absolute atomic E-state index is 12.2. The minimum atomic E-state index is -4.68. The molecule has 3 nitrogen and oxygen atoms in total. The Morgan fingerprint density at radius 3 is 2.42 bits per heavy atom. The third-order valence-corrected chi connectivity index (χ3v) is 4.12. The number of halogens is 3. The highest BCUT2D eigenvalue weighted by Gasteiger charge is 2.31. The summed E-state index contributed by atoms with van der Waals surface area (Å²) in [5.41, 5.74) is 5.32. The van der Waals surface area contributed by atoms with Gasteiger partial charge in [0.25, 0.3) is 0 Å². The van der Waals surface area contributed by atoms with Gasteiger partial charge in [0, 0.05) is 5.56 Å². The number of hydrogen-bond acceptors (Lipinski definition) is 2. The van der Waals surface area contributed by atoms with Crippen LogP contribution in [0.3, 0.4) is 0 Å². The van der Waals surface area contributed by atoms with Crippen LogP contribution in [0.2, 0.25) is 0 Å². The van der Waals surface area contributed by atoms with Crippen molar-refractivity contribution in [1.29, 1.82) is 0 Å². The Morgan fingerprint density at radius 1 is 0.917 bits per heavy atom. The molecular formula is C18H13F3N2O. The Bertz CT molecular complexity index is 882. The van der Waals surface area contributed by atoms with Crippen molar-refractivity contribution in [3.05, 3.63) is 66.0 Å². The molecule has 1 aromatic heterocycles. The molecule has 0 radical (unpaired) electrons. The van der Waals surface area contributed by atoms with Gasteiger partial charge in [-0.15, -0.1) is 13.2 Å². The van der Waals surface area contributed by atoms with Crippen LogP contribution in [-0.2, 0) is 12.8 Å². The van der Waals surface area contributed by atoms with Crippen molar-refractivity contribution >= 4 is 0 Å². The molecule has 0 saturated heterocycles. The fourth-order valence-corrected chi connectivity index (χ4v) is 3.10. The summed E-state index contributed by atoms with van der Waals surface area (Å²) in [5, 5.41) is 4.42. The van der Waals surface area contributed by atoms with Gasteiger partial charge in [0.2, 0.25) is 0 Å². The van der Waals surface area contributed by atoms with Crippen LogP contribution in [0.4, 0.5) is 13.2 Å². The summed E-state index contributed by atoms with van der Waals surface area (Å²) in [6.45, 7) is 0. The maximum atomic E-state index is 12.2. The van der Waals surface area contributed by atoms with Crippen LogP contribution in [0, 0.1) is 0 Å². The number of fused-ring (bicyclic) bond motifs is 3. The number of alkyl halides is 3. The van der Waals surface area contributed by atoms with Crippen molar-refractivity contribution in [2.24, 2.45) is 0 Å². The molecule has 1 heterocycles. The Morgan fingerprint density at radius 2 is 1.67 bits per heavy atom. The van der Waals surface area contributed by atoms with Gasteiger partial charge in [-0.2, -0.15) is 5.10 Å². The zero-order chi connectivity index (χ0) is 16.7. The molecule has 24 heavy (non-hydrogen) atoms. The van der Waals surface area contributed by atoms with E-state index in [1.54, 1.807) is 16.8 Å². The molecule has 2 aromatic carbocycles. The molecule has 122 valence electrons. The first-order valence-electron chi connectivity index (χ1n) is 7.53. The summed E-state index contributed by atoms with van der Waals surface area (Å²) in [4.78, 5) is 0. The topological polar surface area (TPSA) is 27.1 Å². The second kappa shape index (κ2) is 5.40. The molecule has 6 heteroatoms. The first-order valence-corrected chi connectivity index (χ1v) is 7.53. The molecule has 0 aliphatic heterocycles. The normalized spacial score (nSPS) is 13.3. The lowest BCUT2D eigenvalue weighted by Gasteiger charge is -2.18. The van der Waals surface area contributed by atoms with Gasteiger partial charge in [-0.05, 0) is 48.2 Å². The van der Waals surface area contributed by atoms with Crippen LogP contribution in [0.15, 0.2) is 54.7 Å². The molecule has 4 rings (SSSR count). The van der Waals surface area contributed by atoms with E-state index in [1.807, 2.05) is 18.3 Å². The minimum absolute atomic E-state index is 0.238. The summed E-state index contributed by atoms with van der Waals surface area (Å²) in [7, 11) is 0.